The molecule has 2 N–H and O–H groups in total. The van der Waals surface area contributed by atoms with Crippen molar-refractivity contribution in [1.29, 1.82) is 0 Å². The van der Waals surface area contributed by atoms with Gasteiger partial charge in [-0.2, -0.15) is 0 Å². The van der Waals surface area contributed by atoms with E-state index < -0.39 is 0 Å². The monoisotopic (exact) mass is 270 g/mol. The molecular formula is C14H26N2O3. The molecule has 0 aromatic heterocycles. The van der Waals surface area contributed by atoms with Crippen LogP contribution in [0.2, 0.25) is 0 Å². The van der Waals surface area contributed by atoms with Crippen molar-refractivity contribution < 1.29 is 14.7 Å². The van der Waals surface area contributed by atoms with Gasteiger partial charge in [-0.3, -0.25) is 9.59 Å². The Kier molecular flexibility index (Phi) is 6.84. The Labute approximate surface area is 115 Å². The van der Waals surface area contributed by atoms with Crippen LogP contribution in [0.3, 0.4) is 0 Å². The van der Waals surface area contributed by atoms with Gasteiger partial charge >= 0.3 is 0 Å². The molecule has 0 aromatic rings. The zero-order valence-electron chi connectivity index (χ0n) is 12.0. The number of amides is 2. The number of nitrogens with zero attached hydrogens (tertiary/aromatic N) is 1. The van der Waals surface area contributed by atoms with Crippen molar-refractivity contribution in [2.45, 2.75) is 52.0 Å². The molecule has 1 saturated heterocycles. The number of hydrogen-bond acceptors (Lipinski definition) is 3. The molecule has 0 unspecified atom stereocenters. The summed E-state index contributed by atoms with van der Waals surface area (Å²) in [5.41, 5.74) is 0. The molecule has 0 radical (unpaired) electrons. The minimum atomic E-state index is 0.0459. The number of likely N-dealkylation sites (tertiary alicyclic amines) is 1. The smallest absolute Gasteiger partial charge is 0.225 e. The van der Waals surface area contributed by atoms with Crippen LogP contribution in [-0.4, -0.2) is 47.6 Å². The lowest BCUT2D eigenvalue weighted by molar-refractivity contribution is -0.135. The SMILES string of the molecule is CC(C)C(=O)N1CCC(NC(=O)CCCCO)CC1. The fourth-order valence-electron chi connectivity index (χ4n) is 2.31. The molecule has 5 heteroatoms. The Hall–Kier alpha value is -1.10. The van der Waals surface area contributed by atoms with Gasteiger partial charge in [-0.05, 0) is 25.7 Å². The number of carbonyl (C=O) groups is 2. The standard InChI is InChI=1S/C14H26N2O3/c1-11(2)14(19)16-8-6-12(7-9-16)15-13(18)5-3-4-10-17/h11-12,17H,3-10H2,1-2H3,(H,15,18). The van der Waals surface area contributed by atoms with Crippen LogP contribution in [0.4, 0.5) is 0 Å². The second kappa shape index (κ2) is 8.15. The molecule has 0 spiro atoms. The fraction of sp³-hybridized carbons (Fsp3) is 0.857. The molecule has 2 amide bonds. The maximum absolute atomic E-state index is 11.8. The summed E-state index contributed by atoms with van der Waals surface area (Å²) >= 11 is 0. The number of unbranched alkanes of at least 4 members (excludes halogenated alkanes) is 1. The van der Waals surface area contributed by atoms with Gasteiger partial charge < -0.3 is 15.3 Å². The van der Waals surface area contributed by atoms with Crippen molar-refractivity contribution in [2.24, 2.45) is 5.92 Å². The molecular weight excluding hydrogens is 244 g/mol. The number of hydrogen-bond donors (Lipinski definition) is 2. The van der Waals surface area contributed by atoms with Crippen molar-refractivity contribution in [3.63, 3.8) is 0 Å². The van der Waals surface area contributed by atoms with E-state index in [2.05, 4.69) is 5.32 Å². The summed E-state index contributed by atoms with van der Waals surface area (Å²) < 4.78 is 0. The highest BCUT2D eigenvalue weighted by atomic mass is 16.3. The molecule has 0 aliphatic carbocycles. The maximum Gasteiger partial charge on any atom is 0.225 e. The summed E-state index contributed by atoms with van der Waals surface area (Å²) in [5, 5.41) is 11.7. The Balaban J connectivity index is 2.23. The number of piperidine rings is 1. The van der Waals surface area contributed by atoms with Gasteiger partial charge in [0.2, 0.25) is 11.8 Å². The van der Waals surface area contributed by atoms with Gasteiger partial charge in [0.15, 0.2) is 0 Å². The molecule has 110 valence electrons. The third-order valence-electron chi connectivity index (χ3n) is 3.48. The number of nitrogens with one attached hydrogen (secondary N) is 1. The molecule has 0 aromatic carbocycles. The summed E-state index contributed by atoms with van der Waals surface area (Å²) in [6.45, 7) is 5.44. The van der Waals surface area contributed by atoms with E-state index in [9.17, 15) is 9.59 Å². The van der Waals surface area contributed by atoms with Crippen LogP contribution in [0.5, 0.6) is 0 Å². The molecule has 1 fully saturated rings. The van der Waals surface area contributed by atoms with Crippen LogP contribution >= 0.6 is 0 Å². The van der Waals surface area contributed by atoms with Crippen molar-refractivity contribution >= 4 is 11.8 Å². The van der Waals surface area contributed by atoms with Crippen LogP contribution in [0, 0.1) is 5.92 Å². The van der Waals surface area contributed by atoms with E-state index in [1.165, 1.54) is 0 Å². The molecule has 19 heavy (non-hydrogen) atoms. The Bertz CT molecular complexity index is 297. The highest BCUT2D eigenvalue weighted by Crippen LogP contribution is 2.13. The number of carbonyl (C=O) groups excluding carboxylic acids is 2. The normalized spacial score (nSPS) is 16.7. The Morgan fingerprint density at radius 2 is 1.89 bits per heavy atom. The van der Waals surface area contributed by atoms with Crippen LogP contribution in [0.15, 0.2) is 0 Å². The van der Waals surface area contributed by atoms with Gasteiger partial charge in [-0.15, -0.1) is 0 Å². The van der Waals surface area contributed by atoms with E-state index in [1.807, 2.05) is 18.7 Å². The van der Waals surface area contributed by atoms with Crippen molar-refractivity contribution in [2.75, 3.05) is 19.7 Å². The van der Waals surface area contributed by atoms with Crippen LogP contribution in [0.1, 0.15) is 46.0 Å². The summed E-state index contributed by atoms with van der Waals surface area (Å²) in [4.78, 5) is 25.3. The minimum Gasteiger partial charge on any atom is -0.396 e. The average Bonchev–Trinajstić information content (AvgIpc) is 2.39. The predicted octanol–water partition coefficient (Wildman–Crippen LogP) is 0.912. The number of aliphatic hydroxyl groups excluding tert-OH is 1. The molecule has 0 atom stereocenters. The zero-order chi connectivity index (χ0) is 14.3. The van der Waals surface area contributed by atoms with Gasteiger partial charge in [-0.25, -0.2) is 0 Å². The first-order valence-corrected chi connectivity index (χ1v) is 7.23. The first-order chi connectivity index (χ1) is 9.04. The summed E-state index contributed by atoms with van der Waals surface area (Å²) in [6, 6.07) is 0.192. The van der Waals surface area contributed by atoms with Gasteiger partial charge in [0.25, 0.3) is 0 Å². The van der Waals surface area contributed by atoms with Crippen molar-refractivity contribution in [3.05, 3.63) is 0 Å². The van der Waals surface area contributed by atoms with Crippen LogP contribution in [-0.2, 0) is 9.59 Å². The minimum absolute atomic E-state index is 0.0459. The van der Waals surface area contributed by atoms with Gasteiger partial charge in [0, 0.05) is 38.1 Å². The lowest BCUT2D eigenvalue weighted by atomic mass is 10.0. The first-order valence-electron chi connectivity index (χ1n) is 7.23. The van der Waals surface area contributed by atoms with E-state index in [1.54, 1.807) is 0 Å². The molecule has 0 bridgehead atoms. The van der Waals surface area contributed by atoms with E-state index >= 15 is 0 Å². The average molecular weight is 270 g/mol. The number of aliphatic hydroxyl groups is 1. The van der Waals surface area contributed by atoms with Crippen molar-refractivity contribution in [1.82, 2.24) is 10.2 Å². The topological polar surface area (TPSA) is 69.6 Å². The van der Waals surface area contributed by atoms with E-state index in [0.717, 1.165) is 32.4 Å². The van der Waals surface area contributed by atoms with Crippen LogP contribution in [0.25, 0.3) is 0 Å². The molecule has 1 aliphatic rings. The second-order valence-corrected chi connectivity index (χ2v) is 5.50. The van der Waals surface area contributed by atoms with Crippen molar-refractivity contribution in [3.8, 4) is 0 Å². The predicted molar refractivity (Wildman–Crippen MR) is 73.5 cm³/mol. The Morgan fingerprint density at radius 3 is 2.42 bits per heavy atom. The fourth-order valence-corrected chi connectivity index (χ4v) is 2.31. The summed E-state index contributed by atoms with van der Waals surface area (Å²) in [7, 11) is 0. The molecule has 1 rings (SSSR count). The van der Waals surface area contributed by atoms with Gasteiger partial charge in [-0.1, -0.05) is 13.8 Å². The highest BCUT2D eigenvalue weighted by molar-refractivity contribution is 5.78. The third kappa shape index (κ3) is 5.59. The quantitative estimate of drug-likeness (QED) is 0.705. The van der Waals surface area contributed by atoms with Crippen LogP contribution < -0.4 is 5.32 Å². The largest absolute Gasteiger partial charge is 0.396 e. The van der Waals surface area contributed by atoms with E-state index in [4.69, 9.17) is 5.11 Å². The lowest BCUT2D eigenvalue weighted by Crippen LogP contribution is -2.47. The summed E-state index contributed by atoms with van der Waals surface area (Å²) in [5.74, 6) is 0.305. The molecule has 1 aliphatic heterocycles. The number of rotatable bonds is 6. The Morgan fingerprint density at radius 1 is 1.26 bits per heavy atom. The second-order valence-electron chi connectivity index (χ2n) is 5.50. The third-order valence-corrected chi connectivity index (χ3v) is 3.48. The molecule has 1 heterocycles. The first kappa shape index (κ1) is 16.0. The van der Waals surface area contributed by atoms with E-state index in [-0.39, 0.29) is 30.4 Å². The molecule has 5 nitrogen and oxygen atoms in total. The summed E-state index contributed by atoms with van der Waals surface area (Å²) in [6.07, 6.45) is 3.56. The van der Waals surface area contributed by atoms with Gasteiger partial charge in [0.1, 0.15) is 0 Å². The lowest BCUT2D eigenvalue weighted by Gasteiger charge is -2.33. The maximum atomic E-state index is 11.8. The van der Waals surface area contributed by atoms with E-state index in [0.29, 0.717) is 12.8 Å². The highest BCUT2D eigenvalue weighted by Gasteiger charge is 2.24. The van der Waals surface area contributed by atoms with Gasteiger partial charge in [0.05, 0.1) is 0 Å². The zero-order valence-corrected chi connectivity index (χ0v) is 12.0. The molecule has 0 saturated carbocycles.